The predicted octanol–water partition coefficient (Wildman–Crippen LogP) is 3.79. The molecule has 0 heterocycles. The van der Waals surface area contributed by atoms with E-state index in [0.717, 1.165) is 28.5 Å². The van der Waals surface area contributed by atoms with Crippen LogP contribution in [0.25, 0.3) is 10.8 Å². The summed E-state index contributed by atoms with van der Waals surface area (Å²) in [5.74, 6) is 0.690. The van der Waals surface area contributed by atoms with Crippen LogP contribution in [0.2, 0.25) is 0 Å². The van der Waals surface area contributed by atoms with Crippen LogP contribution in [0, 0.1) is 0 Å². The first-order chi connectivity index (χ1) is 10.3. The molecule has 1 aliphatic rings. The van der Waals surface area contributed by atoms with Crippen molar-refractivity contribution in [3.8, 4) is 5.75 Å². The lowest BCUT2D eigenvalue weighted by atomic mass is 9.96. The van der Waals surface area contributed by atoms with Crippen LogP contribution in [0.3, 0.4) is 0 Å². The summed E-state index contributed by atoms with van der Waals surface area (Å²) in [6.07, 6.45) is 5.96. The number of hydrogen-bond acceptors (Lipinski definition) is 2. The van der Waals surface area contributed by atoms with Gasteiger partial charge in [-0.25, -0.2) is 8.93 Å². The molecule has 112 valence electrons. The van der Waals surface area contributed by atoms with Crippen LogP contribution in [0.4, 0.5) is 0 Å². The predicted molar refractivity (Wildman–Crippen MR) is 86.9 cm³/mol. The lowest BCUT2D eigenvalue weighted by Crippen LogP contribution is -2.32. The van der Waals surface area contributed by atoms with Crippen LogP contribution >= 0.6 is 0 Å². The molecule has 21 heavy (non-hydrogen) atoms. The topological polar surface area (TPSA) is 38.3 Å². The van der Waals surface area contributed by atoms with Gasteiger partial charge in [-0.15, -0.1) is 0 Å². The van der Waals surface area contributed by atoms with Gasteiger partial charge in [-0.1, -0.05) is 49.6 Å². The molecular weight excluding hydrogens is 282 g/mol. The quantitative estimate of drug-likeness (QED) is 0.933. The fourth-order valence-electron chi connectivity index (χ4n) is 3.01. The molecule has 0 aliphatic heterocycles. The Kier molecular flexibility index (Phi) is 4.56. The van der Waals surface area contributed by atoms with E-state index < -0.39 is 11.0 Å². The third-order valence-electron chi connectivity index (χ3n) is 4.13. The second kappa shape index (κ2) is 6.58. The van der Waals surface area contributed by atoms with Crippen molar-refractivity contribution in [3.63, 3.8) is 0 Å². The second-order valence-corrected chi connectivity index (χ2v) is 6.72. The molecule has 3 rings (SSSR count). The van der Waals surface area contributed by atoms with Gasteiger partial charge in [0.15, 0.2) is 0 Å². The van der Waals surface area contributed by atoms with Gasteiger partial charge in [-0.2, -0.15) is 0 Å². The average molecular weight is 303 g/mol. The van der Waals surface area contributed by atoms with Gasteiger partial charge in [0.2, 0.25) is 0 Å². The van der Waals surface area contributed by atoms with Crippen LogP contribution < -0.4 is 9.46 Å². The van der Waals surface area contributed by atoms with Crippen LogP contribution in [-0.2, 0) is 11.0 Å². The highest BCUT2D eigenvalue weighted by atomic mass is 32.2. The van der Waals surface area contributed by atoms with E-state index in [1.165, 1.54) is 19.3 Å². The Morgan fingerprint density at radius 2 is 1.86 bits per heavy atom. The van der Waals surface area contributed by atoms with Crippen molar-refractivity contribution in [2.75, 3.05) is 7.11 Å². The lowest BCUT2D eigenvalue weighted by Gasteiger charge is -2.23. The van der Waals surface area contributed by atoms with Crippen molar-refractivity contribution >= 4 is 21.8 Å². The standard InChI is InChI=1S/C17H21NO2S/c1-20-16-12-11-13-7-5-6-10-15(13)17(16)21(19)18-14-8-3-2-4-9-14/h5-7,10-12,14,18H,2-4,8-9H2,1H3/t21-/m0/s1. The molecule has 2 aromatic rings. The highest BCUT2D eigenvalue weighted by Crippen LogP contribution is 2.31. The second-order valence-electron chi connectivity index (χ2n) is 5.54. The van der Waals surface area contributed by atoms with E-state index in [-0.39, 0.29) is 0 Å². The average Bonchev–Trinajstić information content (AvgIpc) is 2.54. The first-order valence-electron chi connectivity index (χ1n) is 7.53. The van der Waals surface area contributed by atoms with Crippen LogP contribution in [-0.4, -0.2) is 17.4 Å². The molecule has 1 fully saturated rings. The number of methoxy groups -OCH3 is 1. The van der Waals surface area contributed by atoms with Crippen molar-refractivity contribution in [2.45, 2.75) is 43.0 Å². The molecular formula is C17H21NO2S. The zero-order chi connectivity index (χ0) is 14.7. The summed E-state index contributed by atoms with van der Waals surface area (Å²) < 4.78 is 21.6. The lowest BCUT2D eigenvalue weighted by molar-refractivity contribution is 0.402. The molecule has 1 N–H and O–H groups in total. The molecule has 0 saturated heterocycles. The molecule has 2 aromatic carbocycles. The van der Waals surface area contributed by atoms with E-state index in [0.29, 0.717) is 11.8 Å². The Morgan fingerprint density at radius 1 is 1.10 bits per heavy atom. The molecule has 0 amide bonds. The zero-order valence-corrected chi connectivity index (χ0v) is 13.1. The Balaban J connectivity index is 1.95. The third-order valence-corrected chi connectivity index (χ3v) is 5.47. The van der Waals surface area contributed by atoms with Gasteiger partial charge in [-0.3, -0.25) is 0 Å². The Labute approximate surface area is 128 Å². The molecule has 0 bridgehead atoms. The zero-order valence-electron chi connectivity index (χ0n) is 12.3. The first kappa shape index (κ1) is 14.5. The molecule has 0 aromatic heterocycles. The summed E-state index contributed by atoms with van der Waals surface area (Å²) in [4.78, 5) is 0.765. The monoisotopic (exact) mass is 303 g/mol. The van der Waals surface area contributed by atoms with Crippen LogP contribution in [0.1, 0.15) is 32.1 Å². The summed E-state index contributed by atoms with van der Waals surface area (Å²) in [5, 5.41) is 2.09. The van der Waals surface area contributed by atoms with Gasteiger partial charge >= 0.3 is 0 Å². The van der Waals surface area contributed by atoms with Crippen LogP contribution in [0.15, 0.2) is 41.3 Å². The normalized spacial score (nSPS) is 17.8. The van der Waals surface area contributed by atoms with E-state index in [4.69, 9.17) is 4.74 Å². The van der Waals surface area contributed by atoms with Crippen LogP contribution in [0.5, 0.6) is 5.75 Å². The van der Waals surface area contributed by atoms with Crippen molar-refractivity contribution in [1.29, 1.82) is 0 Å². The Hall–Kier alpha value is -1.39. The smallest absolute Gasteiger partial charge is 0.137 e. The minimum absolute atomic E-state index is 0.350. The highest BCUT2D eigenvalue weighted by molar-refractivity contribution is 7.83. The van der Waals surface area contributed by atoms with Gasteiger partial charge in [0, 0.05) is 11.4 Å². The summed E-state index contributed by atoms with van der Waals surface area (Å²) >= 11 is 0. The minimum Gasteiger partial charge on any atom is -0.495 e. The molecule has 1 aliphatic carbocycles. The van der Waals surface area contributed by atoms with E-state index in [2.05, 4.69) is 4.72 Å². The van der Waals surface area contributed by atoms with Crippen molar-refractivity contribution in [2.24, 2.45) is 0 Å². The molecule has 1 atom stereocenters. The van der Waals surface area contributed by atoms with Crippen molar-refractivity contribution in [3.05, 3.63) is 36.4 Å². The maximum Gasteiger partial charge on any atom is 0.137 e. The number of nitrogens with one attached hydrogen (secondary N) is 1. The van der Waals surface area contributed by atoms with Gasteiger partial charge in [0.05, 0.1) is 7.11 Å². The summed E-state index contributed by atoms with van der Waals surface area (Å²) in [6, 6.07) is 12.3. The molecule has 0 spiro atoms. The molecule has 4 heteroatoms. The maximum atomic E-state index is 12.8. The fraction of sp³-hybridized carbons (Fsp3) is 0.412. The van der Waals surface area contributed by atoms with Gasteiger partial charge < -0.3 is 4.74 Å². The molecule has 3 nitrogen and oxygen atoms in total. The Bertz CT molecular complexity index is 650. The maximum absolute atomic E-state index is 12.8. The largest absolute Gasteiger partial charge is 0.495 e. The molecule has 1 saturated carbocycles. The van der Waals surface area contributed by atoms with Crippen molar-refractivity contribution in [1.82, 2.24) is 4.72 Å². The van der Waals surface area contributed by atoms with Gasteiger partial charge in [0.1, 0.15) is 21.6 Å². The van der Waals surface area contributed by atoms with Gasteiger partial charge in [-0.05, 0) is 24.3 Å². The van der Waals surface area contributed by atoms with E-state index in [9.17, 15) is 4.21 Å². The third kappa shape index (κ3) is 3.11. The summed E-state index contributed by atoms with van der Waals surface area (Å²) in [6.45, 7) is 0. The number of benzene rings is 2. The van der Waals surface area contributed by atoms with Crippen molar-refractivity contribution < 1.29 is 8.95 Å². The number of hydrogen-bond donors (Lipinski definition) is 1. The summed E-state index contributed by atoms with van der Waals surface area (Å²) in [5.41, 5.74) is 0. The fourth-order valence-corrected chi connectivity index (χ4v) is 4.38. The SMILES string of the molecule is COc1ccc2ccccc2c1[S@](=O)NC1CCCCC1. The highest BCUT2D eigenvalue weighted by Gasteiger charge is 2.20. The first-order valence-corrected chi connectivity index (χ1v) is 8.68. The van der Waals surface area contributed by atoms with E-state index in [1.807, 2.05) is 36.4 Å². The minimum atomic E-state index is -1.24. The van der Waals surface area contributed by atoms with Gasteiger partial charge in [0.25, 0.3) is 0 Å². The number of rotatable bonds is 4. The summed E-state index contributed by atoms with van der Waals surface area (Å²) in [7, 11) is 0.388. The number of fused-ring (bicyclic) bond motifs is 1. The number of ether oxygens (including phenoxy) is 1. The molecule has 0 radical (unpaired) electrons. The Morgan fingerprint density at radius 3 is 2.62 bits per heavy atom. The van der Waals surface area contributed by atoms with E-state index >= 15 is 0 Å². The van der Waals surface area contributed by atoms with E-state index in [1.54, 1.807) is 7.11 Å². The molecule has 0 unspecified atom stereocenters.